The molecule has 0 spiro atoms. The lowest BCUT2D eigenvalue weighted by molar-refractivity contribution is -0.137. The monoisotopic (exact) mass is 496 g/mol. The van der Waals surface area contributed by atoms with Gasteiger partial charge in [-0.05, 0) is 46.3 Å². The Morgan fingerprint density at radius 3 is 2.48 bits per heavy atom. The van der Waals surface area contributed by atoms with Crippen molar-refractivity contribution in [2.45, 2.75) is 6.18 Å². The first kappa shape index (κ1) is 21.2. The highest BCUT2D eigenvalue weighted by Crippen LogP contribution is 2.36. The highest BCUT2D eigenvalue weighted by atomic mass is 79.9. The van der Waals surface area contributed by atoms with E-state index in [2.05, 4.69) is 36.4 Å². The summed E-state index contributed by atoms with van der Waals surface area (Å²) in [7, 11) is 0. The number of hydrogen-bond acceptors (Lipinski definition) is 6. The molecule has 4 rings (SSSR count). The van der Waals surface area contributed by atoms with Crippen LogP contribution in [0.2, 0.25) is 0 Å². The number of amides is 1. The summed E-state index contributed by atoms with van der Waals surface area (Å²) in [5, 5.41) is 9.99. The van der Waals surface area contributed by atoms with E-state index in [1.54, 1.807) is 12.1 Å². The number of aromatic nitrogens is 4. The number of ether oxygens (including phenoxy) is 1. The van der Waals surface area contributed by atoms with Gasteiger partial charge < -0.3 is 15.0 Å². The molecular weight excluding hydrogens is 481 g/mol. The molecule has 2 aromatic heterocycles. The second-order valence-corrected chi connectivity index (χ2v) is 7.51. The van der Waals surface area contributed by atoms with Crippen LogP contribution in [0, 0.1) is 0 Å². The Bertz CT molecular complexity index is 1080. The third-order valence-electron chi connectivity index (χ3n) is 4.65. The van der Waals surface area contributed by atoms with Gasteiger partial charge in [-0.15, -0.1) is 10.2 Å². The number of carbonyl (C=O) groups is 1. The van der Waals surface area contributed by atoms with Crippen LogP contribution < -0.4 is 10.2 Å². The molecule has 3 aromatic rings. The molecule has 3 heterocycles. The van der Waals surface area contributed by atoms with E-state index in [1.165, 1.54) is 23.3 Å². The Hall–Kier alpha value is -2.99. The molecule has 12 heteroatoms. The van der Waals surface area contributed by atoms with Gasteiger partial charge in [0.2, 0.25) is 0 Å². The van der Waals surface area contributed by atoms with Crippen molar-refractivity contribution in [2.24, 2.45) is 0 Å². The second-order valence-electron chi connectivity index (χ2n) is 6.65. The zero-order valence-corrected chi connectivity index (χ0v) is 17.5. The van der Waals surface area contributed by atoms with Crippen LogP contribution in [0.1, 0.15) is 16.1 Å². The van der Waals surface area contributed by atoms with Gasteiger partial charge in [0, 0.05) is 17.6 Å². The number of benzene rings is 1. The highest BCUT2D eigenvalue weighted by Gasteiger charge is 2.32. The maximum Gasteiger partial charge on any atom is 0.416 e. The number of pyridine rings is 1. The average Bonchev–Trinajstić information content (AvgIpc) is 3.29. The van der Waals surface area contributed by atoms with Crippen LogP contribution in [-0.2, 0) is 10.9 Å². The van der Waals surface area contributed by atoms with Gasteiger partial charge in [-0.3, -0.25) is 9.36 Å². The van der Waals surface area contributed by atoms with Crippen molar-refractivity contribution in [3.05, 3.63) is 58.7 Å². The fourth-order valence-corrected chi connectivity index (χ4v) is 3.53. The van der Waals surface area contributed by atoms with Crippen LogP contribution in [-0.4, -0.2) is 52.0 Å². The van der Waals surface area contributed by atoms with E-state index in [4.69, 9.17) is 4.74 Å². The first-order valence-electron chi connectivity index (χ1n) is 9.20. The van der Waals surface area contributed by atoms with Crippen molar-refractivity contribution in [2.75, 3.05) is 36.5 Å². The quantitative estimate of drug-likeness (QED) is 0.594. The van der Waals surface area contributed by atoms with Crippen LogP contribution in [0.15, 0.2) is 47.5 Å². The van der Waals surface area contributed by atoms with Gasteiger partial charge in [0.05, 0.1) is 30.2 Å². The average molecular weight is 497 g/mol. The number of morpholine rings is 1. The topological polar surface area (TPSA) is 85.2 Å². The minimum Gasteiger partial charge on any atom is -0.378 e. The summed E-state index contributed by atoms with van der Waals surface area (Å²) in [6.45, 7) is 1.89. The largest absolute Gasteiger partial charge is 0.416 e. The fourth-order valence-electron chi connectivity index (χ4n) is 3.13. The summed E-state index contributed by atoms with van der Waals surface area (Å²) in [6, 6.07) is 6.56. The molecule has 0 bridgehead atoms. The Morgan fingerprint density at radius 1 is 1.10 bits per heavy atom. The van der Waals surface area contributed by atoms with E-state index in [0.29, 0.717) is 42.3 Å². The number of carbonyl (C=O) groups excluding carboxylic acids is 1. The van der Waals surface area contributed by atoms with Gasteiger partial charge in [0.1, 0.15) is 24.2 Å². The molecule has 0 atom stereocenters. The van der Waals surface area contributed by atoms with Crippen molar-refractivity contribution in [3.8, 4) is 5.82 Å². The summed E-state index contributed by atoms with van der Waals surface area (Å²) >= 11 is 3.28. The number of halogens is 4. The number of alkyl halides is 3. The van der Waals surface area contributed by atoms with E-state index in [9.17, 15) is 18.0 Å². The molecule has 1 saturated heterocycles. The number of rotatable bonds is 4. The third-order valence-corrected chi connectivity index (χ3v) is 5.29. The summed E-state index contributed by atoms with van der Waals surface area (Å²) in [4.78, 5) is 19.1. The molecule has 1 amide bonds. The molecule has 0 saturated carbocycles. The Labute approximate surface area is 183 Å². The van der Waals surface area contributed by atoms with Crippen LogP contribution >= 0.6 is 15.9 Å². The molecule has 1 aliphatic heterocycles. The predicted molar refractivity (Wildman–Crippen MR) is 109 cm³/mol. The minimum atomic E-state index is -4.55. The second kappa shape index (κ2) is 8.63. The summed E-state index contributed by atoms with van der Waals surface area (Å²) in [5.41, 5.74) is -0.317. The molecule has 8 nitrogen and oxygen atoms in total. The Morgan fingerprint density at radius 2 is 1.81 bits per heavy atom. The van der Waals surface area contributed by atoms with E-state index < -0.39 is 17.6 Å². The maximum absolute atomic E-state index is 13.3. The first-order chi connectivity index (χ1) is 14.8. The van der Waals surface area contributed by atoms with E-state index >= 15 is 0 Å². The van der Waals surface area contributed by atoms with Crippen LogP contribution in [0.25, 0.3) is 5.82 Å². The smallest absolute Gasteiger partial charge is 0.378 e. The van der Waals surface area contributed by atoms with Crippen LogP contribution in [0.3, 0.4) is 0 Å². The molecule has 0 unspecified atom stereocenters. The molecule has 0 aliphatic carbocycles. The summed E-state index contributed by atoms with van der Waals surface area (Å²) in [5.74, 6) is -0.272. The lowest BCUT2D eigenvalue weighted by Gasteiger charge is -2.31. The lowest BCUT2D eigenvalue weighted by Crippen LogP contribution is -2.37. The van der Waals surface area contributed by atoms with Gasteiger partial charge in [0.25, 0.3) is 5.91 Å². The summed E-state index contributed by atoms with van der Waals surface area (Å²) in [6.07, 6.45) is -1.71. The maximum atomic E-state index is 13.3. The third kappa shape index (κ3) is 4.69. The van der Waals surface area contributed by atoms with Crippen molar-refractivity contribution < 1.29 is 22.7 Å². The van der Waals surface area contributed by atoms with Crippen molar-refractivity contribution in [1.82, 2.24) is 19.7 Å². The normalized spacial score (nSPS) is 14.5. The fraction of sp³-hybridized carbons (Fsp3) is 0.263. The molecule has 1 aromatic carbocycles. The van der Waals surface area contributed by atoms with Gasteiger partial charge in [-0.25, -0.2) is 4.98 Å². The van der Waals surface area contributed by atoms with Crippen molar-refractivity contribution in [3.63, 3.8) is 0 Å². The van der Waals surface area contributed by atoms with Gasteiger partial charge in [-0.2, -0.15) is 13.2 Å². The molecular formula is C19H16BrF3N6O2. The zero-order valence-electron chi connectivity index (χ0n) is 15.9. The predicted octanol–water partition coefficient (Wildman–Crippen LogP) is 3.53. The van der Waals surface area contributed by atoms with Gasteiger partial charge in [-0.1, -0.05) is 0 Å². The molecule has 31 heavy (non-hydrogen) atoms. The van der Waals surface area contributed by atoms with E-state index in [0.717, 1.165) is 12.1 Å². The van der Waals surface area contributed by atoms with E-state index in [1.807, 2.05) is 4.90 Å². The Kier molecular flexibility index (Phi) is 5.92. The number of anilines is 2. The van der Waals surface area contributed by atoms with E-state index in [-0.39, 0.29) is 11.4 Å². The van der Waals surface area contributed by atoms with Crippen LogP contribution in [0.5, 0.6) is 0 Å². The molecule has 1 fully saturated rings. The lowest BCUT2D eigenvalue weighted by atomic mass is 10.1. The SMILES string of the molecule is O=C(Nc1cc(C(F)(F)F)ccc1N1CCOCC1)c1nc(-n2cnnc2)ccc1Br. The molecule has 1 N–H and O–H groups in total. The molecule has 162 valence electrons. The van der Waals surface area contributed by atoms with Crippen molar-refractivity contribution in [1.29, 1.82) is 0 Å². The molecule has 1 aliphatic rings. The van der Waals surface area contributed by atoms with Crippen LogP contribution in [0.4, 0.5) is 24.5 Å². The molecule has 0 radical (unpaired) electrons. The standard InChI is InChI=1S/C19H16BrF3N6O2/c20-13-2-4-16(29-10-24-25-11-29)27-17(13)18(30)26-14-9-12(19(21,22)23)1-3-15(14)28-5-7-31-8-6-28/h1-4,9-11H,5-8H2,(H,26,30). The Balaban J connectivity index is 1.69. The van der Waals surface area contributed by atoms with Gasteiger partial charge in [0.15, 0.2) is 0 Å². The highest BCUT2D eigenvalue weighted by molar-refractivity contribution is 9.10. The number of hydrogen-bond donors (Lipinski definition) is 1. The number of nitrogens with zero attached hydrogens (tertiary/aromatic N) is 5. The summed E-state index contributed by atoms with van der Waals surface area (Å²) < 4.78 is 47.1. The van der Waals surface area contributed by atoms with Crippen molar-refractivity contribution >= 4 is 33.2 Å². The zero-order chi connectivity index (χ0) is 22.0. The van der Waals surface area contributed by atoms with Gasteiger partial charge >= 0.3 is 6.18 Å². The number of nitrogens with one attached hydrogen (secondary N) is 1. The minimum absolute atomic E-state index is 0.0107. The first-order valence-corrected chi connectivity index (χ1v) is 9.99.